The second-order valence-electron chi connectivity index (χ2n) is 5.67. The molecule has 0 atom stereocenters. The third-order valence-corrected chi connectivity index (χ3v) is 4.03. The highest BCUT2D eigenvalue weighted by Gasteiger charge is 2.22. The molecule has 0 saturated heterocycles. The van der Waals surface area contributed by atoms with Crippen LogP contribution >= 0.6 is 0 Å². The first-order chi connectivity index (χ1) is 11.3. The Morgan fingerprint density at radius 2 is 2.04 bits per heavy atom. The lowest BCUT2D eigenvalue weighted by atomic mass is 10.1. The van der Waals surface area contributed by atoms with Crippen molar-refractivity contribution in [1.82, 2.24) is 15.5 Å². The molecule has 2 aromatic rings. The van der Waals surface area contributed by atoms with Crippen LogP contribution in [0.25, 0.3) is 11.4 Å². The average molecular weight is 315 g/mol. The zero-order valence-electron chi connectivity index (χ0n) is 13.2. The molecule has 0 spiro atoms. The van der Waals surface area contributed by atoms with E-state index in [1.165, 1.54) is 0 Å². The van der Waals surface area contributed by atoms with Gasteiger partial charge in [0.05, 0.1) is 13.2 Å². The van der Waals surface area contributed by atoms with Gasteiger partial charge in [0.15, 0.2) is 0 Å². The third kappa shape index (κ3) is 3.88. The molecule has 1 aromatic carbocycles. The fourth-order valence-electron chi connectivity index (χ4n) is 2.81. The molecule has 0 radical (unpaired) electrons. The number of carbonyl (C=O) groups excluding carboxylic acids is 1. The van der Waals surface area contributed by atoms with Crippen molar-refractivity contribution in [2.75, 3.05) is 6.61 Å². The highest BCUT2D eigenvalue weighted by Crippen LogP contribution is 2.25. The van der Waals surface area contributed by atoms with Crippen LogP contribution in [0.2, 0.25) is 0 Å². The van der Waals surface area contributed by atoms with E-state index < -0.39 is 0 Å². The van der Waals surface area contributed by atoms with E-state index in [1.54, 1.807) is 0 Å². The molecule has 1 aromatic heterocycles. The molecule has 1 amide bonds. The number of hydrogen-bond donors (Lipinski definition) is 1. The Labute approximate surface area is 135 Å². The fourth-order valence-corrected chi connectivity index (χ4v) is 2.81. The minimum Gasteiger partial charge on any atom is -0.494 e. The van der Waals surface area contributed by atoms with E-state index in [0.29, 0.717) is 18.3 Å². The zero-order valence-corrected chi connectivity index (χ0v) is 13.2. The topological polar surface area (TPSA) is 77.3 Å². The van der Waals surface area contributed by atoms with Gasteiger partial charge in [-0.15, -0.1) is 0 Å². The van der Waals surface area contributed by atoms with E-state index in [1.807, 2.05) is 31.2 Å². The lowest BCUT2D eigenvalue weighted by molar-refractivity contribution is -0.125. The predicted octanol–water partition coefficient (Wildman–Crippen LogP) is 2.94. The minimum atomic E-state index is 0.0864. The zero-order chi connectivity index (χ0) is 16.1. The number of ether oxygens (including phenoxy) is 1. The van der Waals surface area contributed by atoms with Crippen LogP contribution in [-0.2, 0) is 11.3 Å². The van der Waals surface area contributed by atoms with Gasteiger partial charge in [-0.2, -0.15) is 4.98 Å². The van der Waals surface area contributed by atoms with E-state index in [2.05, 4.69) is 15.5 Å². The fraction of sp³-hybridized carbons (Fsp3) is 0.471. The van der Waals surface area contributed by atoms with E-state index in [9.17, 15) is 4.79 Å². The maximum Gasteiger partial charge on any atom is 0.246 e. The molecule has 0 unspecified atom stereocenters. The first-order valence-electron chi connectivity index (χ1n) is 8.10. The van der Waals surface area contributed by atoms with Crippen molar-refractivity contribution >= 4 is 5.91 Å². The maximum atomic E-state index is 12.0. The number of benzene rings is 1. The SMILES string of the molecule is CCOc1ccc(-c2noc(CNC(=O)C3CCCC3)n2)cc1. The molecule has 3 rings (SSSR count). The van der Waals surface area contributed by atoms with Crippen molar-refractivity contribution in [2.24, 2.45) is 5.92 Å². The van der Waals surface area contributed by atoms with Crippen LogP contribution in [0.4, 0.5) is 0 Å². The molecular formula is C17H21N3O3. The number of carbonyl (C=O) groups is 1. The van der Waals surface area contributed by atoms with Crippen LogP contribution < -0.4 is 10.1 Å². The summed E-state index contributed by atoms with van der Waals surface area (Å²) in [6, 6.07) is 7.51. The molecule has 1 aliphatic rings. The summed E-state index contributed by atoms with van der Waals surface area (Å²) in [5.74, 6) is 1.97. The maximum absolute atomic E-state index is 12.0. The van der Waals surface area contributed by atoms with Crippen molar-refractivity contribution in [3.8, 4) is 17.1 Å². The van der Waals surface area contributed by atoms with Crippen LogP contribution in [0.3, 0.4) is 0 Å². The first-order valence-corrected chi connectivity index (χ1v) is 8.10. The molecule has 1 heterocycles. The predicted molar refractivity (Wildman–Crippen MR) is 84.7 cm³/mol. The molecule has 122 valence electrons. The van der Waals surface area contributed by atoms with Gasteiger partial charge in [0.25, 0.3) is 0 Å². The van der Waals surface area contributed by atoms with Gasteiger partial charge in [-0.1, -0.05) is 18.0 Å². The van der Waals surface area contributed by atoms with Gasteiger partial charge in [0, 0.05) is 11.5 Å². The van der Waals surface area contributed by atoms with Crippen molar-refractivity contribution in [3.63, 3.8) is 0 Å². The number of nitrogens with one attached hydrogen (secondary N) is 1. The molecule has 6 nitrogen and oxygen atoms in total. The second-order valence-corrected chi connectivity index (χ2v) is 5.67. The standard InChI is InChI=1S/C17H21N3O3/c1-2-22-14-9-7-12(8-10-14)16-19-15(23-20-16)11-18-17(21)13-5-3-4-6-13/h7-10,13H,2-6,11H2,1H3,(H,18,21). The molecule has 23 heavy (non-hydrogen) atoms. The van der Waals surface area contributed by atoms with Crippen LogP contribution in [0, 0.1) is 5.92 Å². The lowest BCUT2D eigenvalue weighted by Crippen LogP contribution is -2.28. The Bertz CT molecular complexity index is 645. The van der Waals surface area contributed by atoms with Crippen molar-refractivity contribution in [2.45, 2.75) is 39.2 Å². The quantitative estimate of drug-likeness (QED) is 0.887. The summed E-state index contributed by atoms with van der Waals surface area (Å²) >= 11 is 0. The smallest absolute Gasteiger partial charge is 0.246 e. The first kappa shape index (κ1) is 15.5. The number of aromatic nitrogens is 2. The van der Waals surface area contributed by atoms with Gasteiger partial charge >= 0.3 is 0 Å². The summed E-state index contributed by atoms with van der Waals surface area (Å²) in [5, 5.41) is 6.84. The third-order valence-electron chi connectivity index (χ3n) is 4.03. The van der Waals surface area contributed by atoms with Gasteiger partial charge in [0.1, 0.15) is 5.75 Å². The van der Waals surface area contributed by atoms with Gasteiger partial charge < -0.3 is 14.6 Å². The lowest BCUT2D eigenvalue weighted by Gasteiger charge is -2.07. The van der Waals surface area contributed by atoms with Gasteiger partial charge in [-0.05, 0) is 44.0 Å². The van der Waals surface area contributed by atoms with E-state index in [-0.39, 0.29) is 18.4 Å². The van der Waals surface area contributed by atoms with Crippen LogP contribution in [0.5, 0.6) is 5.75 Å². The molecule has 1 fully saturated rings. The Morgan fingerprint density at radius 3 is 2.74 bits per heavy atom. The number of nitrogens with zero attached hydrogens (tertiary/aromatic N) is 2. The van der Waals surface area contributed by atoms with Crippen molar-refractivity contribution < 1.29 is 14.1 Å². The van der Waals surface area contributed by atoms with Crippen molar-refractivity contribution in [1.29, 1.82) is 0 Å². The minimum absolute atomic E-state index is 0.0864. The van der Waals surface area contributed by atoms with Crippen molar-refractivity contribution in [3.05, 3.63) is 30.2 Å². The molecule has 0 bridgehead atoms. The molecule has 1 N–H and O–H groups in total. The highest BCUT2D eigenvalue weighted by molar-refractivity contribution is 5.78. The molecule has 1 aliphatic carbocycles. The monoisotopic (exact) mass is 315 g/mol. The summed E-state index contributed by atoms with van der Waals surface area (Å²) in [5.41, 5.74) is 0.852. The van der Waals surface area contributed by atoms with Crippen LogP contribution in [-0.4, -0.2) is 22.7 Å². The number of rotatable bonds is 6. The van der Waals surface area contributed by atoms with E-state index in [0.717, 1.165) is 37.0 Å². The number of hydrogen-bond acceptors (Lipinski definition) is 5. The molecule has 6 heteroatoms. The molecular weight excluding hydrogens is 294 g/mol. The highest BCUT2D eigenvalue weighted by atomic mass is 16.5. The summed E-state index contributed by atoms with van der Waals surface area (Å²) in [7, 11) is 0. The van der Waals surface area contributed by atoms with Gasteiger partial charge in [-0.25, -0.2) is 0 Å². The summed E-state index contributed by atoms with van der Waals surface area (Å²) in [4.78, 5) is 16.3. The summed E-state index contributed by atoms with van der Waals surface area (Å²) in [6.07, 6.45) is 4.24. The Morgan fingerprint density at radius 1 is 1.30 bits per heavy atom. The normalized spacial score (nSPS) is 14.8. The largest absolute Gasteiger partial charge is 0.494 e. The molecule has 0 aliphatic heterocycles. The average Bonchev–Trinajstić information content (AvgIpc) is 3.25. The summed E-state index contributed by atoms with van der Waals surface area (Å²) < 4.78 is 10.6. The van der Waals surface area contributed by atoms with E-state index >= 15 is 0 Å². The Hall–Kier alpha value is -2.37. The second kappa shape index (κ2) is 7.26. The van der Waals surface area contributed by atoms with E-state index in [4.69, 9.17) is 9.26 Å². The summed E-state index contributed by atoms with van der Waals surface area (Å²) in [6.45, 7) is 2.85. The Balaban J connectivity index is 1.58. The van der Waals surface area contributed by atoms with Gasteiger partial charge in [-0.3, -0.25) is 4.79 Å². The van der Waals surface area contributed by atoms with Gasteiger partial charge in [0.2, 0.25) is 17.6 Å². The van der Waals surface area contributed by atoms with Crippen LogP contribution in [0.15, 0.2) is 28.8 Å². The molecule has 1 saturated carbocycles. The Kier molecular flexibility index (Phi) is 4.90. The van der Waals surface area contributed by atoms with Crippen LogP contribution in [0.1, 0.15) is 38.5 Å². The number of amides is 1.